The molecule has 0 spiro atoms. The topological polar surface area (TPSA) is 90.4 Å². The van der Waals surface area contributed by atoms with E-state index < -0.39 is 6.03 Å². The van der Waals surface area contributed by atoms with E-state index in [9.17, 15) is 4.79 Å². The van der Waals surface area contributed by atoms with E-state index in [-0.39, 0.29) is 0 Å². The lowest BCUT2D eigenvalue weighted by atomic mass is 10.2. The third-order valence-corrected chi connectivity index (χ3v) is 4.35. The van der Waals surface area contributed by atoms with Crippen LogP contribution < -0.4 is 29.7 Å². The van der Waals surface area contributed by atoms with Crippen LogP contribution >= 0.6 is 0 Å². The van der Waals surface area contributed by atoms with Crippen molar-refractivity contribution in [2.45, 2.75) is 6.92 Å². The van der Waals surface area contributed by atoms with Crippen molar-refractivity contribution < 1.29 is 23.7 Å². The van der Waals surface area contributed by atoms with E-state index in [4.69, 9.17) is 18.9 Å². The van der Waals surface area contributed by atoms with Gasteiger partial charge in [-0.25, -0.2) is 10.2 Å². The zero-order valence-electron chi connectivity index (χ0n) is 18.6. The number of hydrogen-bond donors (Lipinski definition) is 2. The van der Waals surface area contributed by atoms with Gasteiger partial charge in [0, 0.05) is 5.69 Å². The first-order valence-corrected chi connectivity index (χ1v) is 10.5. The maximum Gasteiger partial charge on any atom is 0.339 e. The van der Waals surface area contributed by atoms with Crippen LogP contribution in [0.15, 0.2) is 77.9 Å². The molecule has 2 N–H and O–H groups in total. The molecular formula is C25H27N3O5. The molecule has 0 saturated heterocycles. The van der Waals surface area contributed by atoms with Crippen molar-refractivity contribution >= 4 is 17.9 Å². The molecule has 172 valence electrons. The summed E-state index contributed by atoms with van der Waals surface area (Å²) in [5.41, 5.74) is 3.86. The fraction of sp³-hybridized carbons (Fsp3) is 0.200. The van der Waals surface area contributed by atoms with E-state index in [1.54, 1.807) is 31.4 Å². The molecule has 3 aromatic rings. The molecule has 8 heteroatoms. The van der Waals surface area contributed by atoms with E-state index in [1.165, 1.54) is 6.21 Å². The minimum absolute atomic E-state index is 0.326. The molecule has 0 aliphatic heterocycles. The van der Waals surface area contributed by atoms with Crippen LogP contribution in [0.1, 0.15) is 12.5 Å². The second-order valence-electron chi connectivity index (χ2n) is 6.68. The van der Waals surface area contributed by atoms with Crippen molar-refractivity contribution in [3.8, 4) is 23.0 Å². The Kier molecular flexibility index (Phi) is 8.96. The van der Waals surface area contributed by atoms with Crippen molar-refractivity contribution in [1.82, 2.24) is 5.43 Å². The summed E-state index contributed by atoms with van der Waals surface area (Å²) in [6, 6.07) is 21.5. The van der Waals surface area contributed by atoms with Gasteiger partial charge in [0.1, 0.15) is 13.2 Å². The van der Waals surface area contributed by atoms with Gasteiger partial charge < -0.3 is 24.3 Å². The molecular weight excluding hydrogens is 422 g/mol. The van der Waals surface area contributed by atoms with Gasteiger partial charge in [-0.2, -0.15) is 5.10 Å². The maximum absolute atomic E-state index is 11.9. The first-order valence-electron chi connectivity index (χ1n) is 10.5. The monoisotopic (exact) mass is 449 g/mol. The molecule has 0 aliphatic carbocycles. The average Bonchev–Trinajstić information content (AvgIpc) is 2.84. The summed E-state index contributed by atoms with van der Waals surface area (Å²) in [7, 11) is 1.60. The van der Waals surface area contributed by atoms with Crippen LogP contribution in [0.3, 0.4) is 0 Å². The van der Waals surface area contributed by atoms with Crippen LogP contribution in [0.25, 0.3) is 0 Å². The number of nitrogens with one attached hydrogen (secondary N) is 2. The van der Waals surface area contributed by atoms with Gasteiger partial charge in [-0.3, -0.25) is 0 Å². The Bertz CT molecular complexity index is 1060. The predicted octanol–water partition coefficient (Wildman–Crippen LogP) is 4.71. The maximum atomic E-state index is 11.9. The van der Waals surface area contributed by atoms with Gasteiger partial charge in [0.15, 0.2) is 23.0 Å². The number of carbonyl (C=O) groups excluding carboxylic acids is 1. The minimum Gasteiger partial charge on any atom is -0.493 e. The number of anilines is 1. The molecule has 0 aromatic heterocycles. The van der Waals surface area contributed by atoms with E-state index in [0.29, 0.717) is 48.5 Å². The average molecular weight is 450 g/mol. The second kappa shape index (κ2) is 12.6. The second-order valence-corrected chi connectivity index (χ2v) is 6.68. The molecule has 0 unspecified atom stereocenters. The number of hydrazone groups is 1. The summed E-state index contributed by atoms with van der Waals surface area (Å²) >= 11 is 0. The largest absolute Gasteiger partial charge is 0.493 e. The molecule has 0 radical (unpaired) electrons. The Hall–Kier alpha value is -4.20. The normalized spacial score (nSPS) is 10.5. The lowest BCUT2D eigenvalue weighted by Gasteiger charge is -2.14. The molecule has 0 fully saturated rings. The number of para-hydroxylation sites is 3. The highest BCUT2D eigenvalue weighted by molar-refractivity contribution is 5.90. The number of urea groups is 1. The van der Waals surface area contributed by atoms with Crippen LogP contribution in [0.5, 0.6) is 23.0 Å². The van der Waals surface area contributed by atoms with Crippen molar-refractivity contribution in [2.24, 2.45) is 5.10 Å². The highest BCUT2D eigenvalue weighted by atomic mass is 16.5. The van der Waals surface area contributed by atoms with E-state index >= 15 is 0 Å². The van der Waals surface area contributed by atoms with E-state index in [0.717, 1.165) is 5.56 Å². The molecule has 0 saturated carbocycles. The van der Waals surface area contributed by atoms with Crippen LogP contribution in [-0.4, -0.2) is 39.2 Å². The third kappa shape index (κ3) is 7.46. The number of methoxy groups -OCH3 is 1. The summed E-state index contributed by atoms with van der Waals surface area (Å²) in [6.07, 6.45) is 1.53. The first-order chi connectivity index (χ1) is 16.2. The Morgan fingerprint density at radius 1 is 0.848 bits per heavy atom. The van der Waals surface area contributed by atoms with E-state index in [2.05, 4.69) is 15.8 Å². The Morgan fingerprint density at radius 3 is 2.21 bits per heavy atom. The standard InChI is InChI=1S/C25H27N3O5/c1-3-31-24-17-19(18-26-28-25(29)27-20-9-5-4-6-10-20)13-14-23(24)33-16-15-32-22-12-8-7-11-21(22)30-2/h4-14,17-18H,3,15-16H2,1-2H3,(H2,27,28,29)/b26-18-. The van der Waals surface area contributed by atoms with Gasteiger partial charge in [0.25, 0.3) is 0 Å². The number of nitrogens with zero attached hydrogens (tertiary/aromatic N) is 1. The number of carbonyl (C=O) groups is 1. The van der Waals surface area contributed by atoms with Crippen LogP contribution in [0, 0.1) is 0 Å². The van der Waals surface area contributed by atoms with Crippen LogP contribution in [-0.2, 0) is 0 Å². The van der Waals surface area contributed by atoms with Crippen LogP contribution in [0.4, 0.5) is 10.5 Å². The number of rotatable bonds is 11. The Morgan fingerprint density at radius 2 is 1.52 bits per heavy atom. The number of benzene rings is 3. The summed E-state index contributed by atoms with van der Waals surface area (Å²) in [5, 5.41) is 6.67. The quantitative estimate of drug-likeness (QED) is 0.251. The zero-order valence-corrected chi connectivity index (χ0v) is 18.6. The van der Waals surface area contributed by atoms with Gasteiger partial charge in [-0.1, -0.05) is 30.3 Å². The Balaban J connectivity index is 1.52. The van der Waals surface area contributed by atoms with Crippen molar-refractivity contribution in [3.63, 3.8) is 0 Å². The molecule has 3 rings (SSSR count). The van der Waals surface area contributed by atoms with Crippen molar-refractivity contribution in [1.29, 1.82) is 0 Å². The molecule has 0 atom stereocenters. The summed E-state index contributed by atoms with van der Waals surface area (Å²) in [5.74, 6) is 2.49. The SMILES string of the molecule is CCOc1cc(/C=N\NC(=O)Nc2ccccc2)ccc1OCCOc1ccccc1OC. The molecule has 8 nitrogen and oxygen atoms in total. The highest BCUT2D eigenvalue weighted by Crippen LogP contribution is 2.29. The summed E-state index contributed by atoms with van der Waals surface area (Å²) in [6.45, 7) is 3.04. The fourth-order valence-corrected chi connectivity index (χ4v) is 2.88. The zero-order chi connectivity index (χ0) is 23.3. The number of hydrogen-bond acceptors (Lipinski definition) is 6. The van der Waals surface area contributed by atoms with E-state index in [1.807, 2.05) is 55.5 Å². The molecule has 2 amide bonds. The van der Waals surface area contributed by atoms with Crippen LogP contribution in [0.2, 0.25) is 0 Å². The van der Waals surface area contributed by atoms with Gasteiger partial charge in [-0.15, -0.1) is 0 Å². The smallest absolute Gasteiger partial charge is 0.339 e. The minimum atomic E-state index is -0.433. The molecule has 33 heavy (non-hydrogen) atoms. The van der Waals surface area contributed by atoms with Crippen molar-refractivity contribution in [3.05, 3.63) is 78.4 Å². The Labute approximate surface area is 193 Å². The third-order valence-electron chi connectivity index (χ3n) is 4.35. The predicted molar refractivity (Wildman–Crippen MR) is 128 cm³/mol. The lowest BCUT2D eigenvalue weighted by Crippen LogP contribution is -2.24. The molecule has 0 heterocycles. The first kappa shape index (κ1) is 23.5. The number of amides is 2. The van der Waals surface area contributed by atoms with Gasteiger partial charge in [0.2, 0.25) is 0 Å². The van der Waals surface area contributed by atoms with Gasteiger partial charge in [0.05, 0.1) is 19.9 Å². The van der Waals surface area contributed by atoms with Crippen molar-refractivity contribution in [2.75, 3.05) is 32.2 Å². The highest BCUT2D eigenvalue weighted by Gasteiger charge is 2.08. The lowest BCUT2D eigenvalue weighted by molar-refractivity contribution is 0.203. The summed E-state index contributed by atoms with van der Waals surface area (Å²) < 4.78 is 22.5. The number of ether oxygens (including phenoxy) is 4. The molecule has 0 aliphatic rings. The fourth-order valence-electron chi connectivity index (χ4n) is 2.88. The van der Waals surface area contributed by atoms with Gasteiger partial charge >= 0.3 is 6.03 Å². The molecule has 0 bridgehead atoms. The van der Waals surface area contributed by atoms with Gasteiger partial charge in [-0.05, 0) is 55.0 Å². The summed E-state index contributed by atoms with van der Waals surface area (Å²) in [4.78, 5) is 11.9. The molecule has 3 aromatic carbocycles.